The maximum absolute atomic E-state index is 12.3. The number of hydrogen-bond acceptors (Lipinski definition) is 4. The van der Waals surface area contributed by atoms with E-state index in [2.05, 4.69) is 4.72 Å². The van der Waals surface area contributed by atoms with E-state index >= 15 is 0 Å². The van der Waals surface area contributed by atoms with Gasteiger partial charge in [-0.1, -0.05) is 11.6 Å². The highest BCUT2D eigenvalue weighted by Crippen LogP contribution is 2.26. The van der Waals surface area contributed by atoms with Gasteiger partial charge in [0.2, 0.25) is 10.0 Å². The maximum atomic E-state index is 12.3. The second-order valence-electron chi connectivity index (χ2n) is 4.94. The number of anilines is 1. The first kappa shape index (κ1) is 15.6. The molecule has 112 valence electrons. The van der Waals surface area contributed by atoms with Crippen molar-refractivity contribution in [3.8, 4) is 0 Å². The van der Waals surface area contributed by atoms with Crippen LogP contribution in [-0.4, -0.2) is 27.7 Å². The van der Waals surface area contributed by atoms with Crippen LogP contribution in [0.1, 0.15) is 24.8 Å². The lowest BCUT2D eigenvalue weighted by Crippen LogP contribution is -2.28. The second-order valence-corrected chi connectivity index (χ2v) is 7.11. The van der Waals surface area contributed by atoms with Gasteiger partial charge in [-0.15, -0.1) is 0 Å². The summed E-state index contributed by atoms with van der Waals surface area (Å²) < 4.78 is 32.6. The number of rotatable bonds is 5. The second kappa shape index (κ2) is 6.30. The van der Waals surface area contributed by atoms with Crippen LogP contribution < -0.4 is 10.5 Å². The summed E-state index contributed by atoms with van der Waals surface area (Å²) in [7, 11) is -3.60. The topological polar surface area (TPSA) is 81.4 Å². The molecule has 1 saturated heterocycles. The number of hydrogen-bond donors (Lipinski definition) is 2. The van der Waals surface area contributed by atoms with E-state index in [9.17, 15) is 8.42 Å². The van der Waals surface area contributed by atoms with Crippen molar-refractivity contribution >= 4 is 27.3 Å². The van der Waals surface area contributed by atoms with E-state index in [1.165, 1.54) is 6.07 Å². The zero-order valence-corrected chi connectivity index (χ0v) is 12.9. The Morgan fingerprint density at radius 2 is 2.25 bits per heavy atom. The minimum Gasteiger partial charge on any atom is -0.398 e. The van der Waals surface area contributed by atoms with E-state index < -0.39 is 10.0 Å². The summed E-state index contributed by atoms with van der Waals surface area (Å²) in [5.41, 5.74) is 6.63. The molecule has 0 spiro atoms. The molecule has 1 heterocycles. The van der Waals surface area contributed by atoms with Crippen molar-refractivity contribution in [2.75, 3.05) is 18.9 Å². The zero-order chi connectivity index (χ0) is 14.8. The highest BCUT2D eigenvalue weighted by molar-refractivity contribution is 7.89. The van der Waals surface area contributed by atoms with E-state index in [0.29, 0.717) is 29.2 Å². The molecule has 2 rings (SSSR count). The summed E-state index contributed by atoms with van der Waals surface area (Å²) in [5, 5.41) is 0.313. The van der Waals surface area contributed by atoms with Gasteiger partial charge in [0.15, 0.2) is 0 Å². The van der Waals surface area contributed by atoms with E-state index in [4.69, 9.17) is 22.1 Å². The van der Waals surface area contributed by atoms with Crippen LogP contribution >= 0.6 is 11.6 Å². The molecule has 0 radical (unpaired) electrons. The Balaban J connectivity index is 2.06. The fourth-order valence-electron chi connectivity index (χ4n) is 2.26. The van der Waals surface area contributed by atoms with Gasteiger partial charge in [0.25, 0.3) is 0 Å². The molecule has 0 amide bonds. The van der Waals surface area contributed by atoms with Crippen LogP contribution in [0.4, 0.5) is 5.69 Å². The summed E-state index contributed by atoms with van der Waals surface area (Å²) in [6.07, 6.45) is 2.86. The van der Waals surface area contributed by atoms with E-state index in [1.54, 1.807) is 13.0 Å². The van der Waals surface area contributed by atoms with Crippen molar-refractivity contribution in [3.05, 3.63) is 22.7 Å². The Hall–Kier alpha value is -0.820. The SMILES string of the molecule is Cc1c(N)cc(Cl)cc1S(=O)(=O)NCCC1CCCO1. The van der Waals surface area contributed by atoms with Crippen LogP contribution in [0.5, 0.6) is 0 Å². The van der Waals surface area contributed by atoms with Crippen LogP contribution in [0.2, 0.25) is 5.02 Å². The average Bonchev–Trinajstić information content (AvgIpc) is 2.86. The smallest absolute Gasteiger partial charge is 0.240 e. The highest BCUT2D eigenvalue weighted by atomic mass is 35.5. The number of nitrogens with two attached hydrogens (primary N) is 1. The maximum Gasteiger partial charge on any atom is 0.240 e. The number of halogens is 1. The Bertz CT molecular complexity index is 584. The molecule has 0 bridgehead atoms. The Kier molecular flexibility index (Phi) is 4.90. The largest absolute Gasteiger partial charge is 0.398 e. The minimum atomic E-state index is -3.60. The molecule has 0 aromatic heterocycles. The molecule has 20 heavy (non-hydrogen) atoms. The lowest BCUT2D eigenvalue weighted by Gasteiger charge is -2.13. The molecule has 1 aromatic rings. The van der Waals surface area contributed by atoms with Crippen LogP contribution in [0.3, 0.4) is 0 Å². The Morgan fingerprint density at radius 3 is 2.90 bits per heavy atom. The lowest BCUT2D eigenvalue weighted by molar-refractivity contribution is 0.105. The molecule has 1 aliphatic rings. The predicted molar refractivity (Wildman–Crippen MR) is 79.4 cm³/mol. The molecule has 0 saturated carbocycles. The normalized spacial score (nSPS) is 19.4. The predicted octanol–water partition coefficient (Wildman–Crippen LogP) is 2.08. The molecule has 3 N–H and O–H groups in total. The Labute approximate surface area is 124 Å². The van der Waals surface area contributed by atoms with Crippen molar-refractivity contribution in [2.24, 2.45) is 0 Å². The summed E-state index contributed by atoms with van der Waals surface area (Å²) in [5.74, 6) is 0. The van der Waals surface area contributed by atoms with Crippen molar-refractivity contribution < 1.29 is 13.2 Å². The molecule has 1 unspecified atom stereocenters. The van der Waals surface area contributed by atoms with Gasteiger partial charge in [0, 0.05) is 23.9 Å². The lowest BCUT2D eigenvalue weighted by atomic mass is 10.2. The molecule has 1 aliphatic heterocycles. The fourth-order valence-corrected chi connectivity index (χ4v) is 3.89. The first-order valence-electron chi connectivity index (χ1n) is 6.57. The Morgan fingerprint density at radius 1 is 1.50 bits per heavy atom. The van der Waals surface area contributed by atoms with Crippen molar-refractivity contribution in [3.63, 3.8) is 0 Å². The first-order valence-corrected chi connectivity index (χ1v) is 8.43. The van der Waals surface area contributed by atoms with Crippen molar-refractivity contribution in [2.45, 2.75) is 37.2 Å². The molecule has 5 nitrogen and oxygen atoms in total. The molecule has 1 fully saturated rings. The van der Waals surface area contributed by atoms with Gasteiger partial charge in [0.05, 0.1) is 11.0 Å². The quantitative estimate of drug-likeness (QED) is 0.814. The van der Waals surface area contributed by atoms with Crippen LogP contribution in [0.15, 0.2) is 17.0 Å². The zero-order valence-electron chi connectivity index (χ0n) is 11.4. The van der Waals surface area contributed by atoms with Gasteiger partial charge < -0.3 is 10.5 Å². The van der Waals surface area contributed by atoms with Gasteiger partial charge in [-0.25, -0.2) is 13.1 Å². The third-order valence-electron chi connectivity index (χ3n) is 3.44. The van der Waals surface area contributed by atoms with Gasteiger partial charge in [0.1, 0.15) is 0 Å². The number of nitrogen functional groups attached to an aromatic ring is 1. The van der Waals surface area contributed by atoms with Crippen LogP contribution in [0.25, 0.3) is 0 Å². The van der Waals surface area contributed by atoms with Gasteiger partial charge in [-0.3, -0.25) is 0 Å². The molecule has 1 atom stereocenters. The van der Waals surface area contributed by atoms with E-state index in [1.807, 2.05) is 0 Å². The summed E-state index contributed by atoms with van der Waals surface area (Å²) in [6, 6.07) is 2.96. The summed E-state index contributed by atoms with van der Waals surface area (Å²) in [6.45, 7) is 2.78. The molecular formula is C13H19ClN2O3S. The third kappa shape index (κ3) is 3.63. The molecule has 0 aliphatic carbocycles. The minimum absolute atomic E-state index is 0.134. The summed E-state index contributed by atoms with van der Waals surface area (Å²) in [4.78, 5) is 0.134. The van der Waals surface area contributed by atoms with Gasteiger partial charge >= 0.3 is 0 Å². The number of nitrogens with one attached hydrogen (secondary N) is 1. The molecular weight excluding hydrogens is 300 g/mol. The summed E-state index contributed by atoms with van der Waals surface area (Å²) >= 11 is 5.87. The molecule has 7 heteroatoms. The monoisotopic (exact) mass is 318 g/mol. The van der Waals surface area contributed by atoms with Crippen LogP contribution in [-0.2, 0) is 14.8 Å². The highest BCUT2D eigenvalue weighted by Gasteiger charge is 2.20. The van der Waals surface area contributed by atoms with E-state index in [0.717, 1.165) is 19.4 Å². The first-order chi connectivity index (χ1) is 9.40. The van der Waals surface area contributed by atoms with Gasteiger partial charge in [-0.05, 0) is 43.9 Å². The third-order valence-corrected chi connectivity index (χ3v) is 5.24. The number of benzene rings is 1. The van der Waals surface area contributed by atoms with Gasteiger partial charge in [-0.2, -0.15) is 0 Å². The average molecular weight is 319 g/mol. The van der Waals surface area contributed by atoms with E-state index in [-0.39, 0.29) is 11.0 Å². The fraction of sp³-hybridized carbons (Fsp3) is 0.538. The van der Waals surface area contributed by atoms with Crippen molar-refractivity contribution in [1.82, 2.24) is 4.72 Å². The number of ether oxygens (including phenoxy) is 1. The van der Waals surface area contributed by atoms with Crippen LogP contribution in [0, 0.1) is 6.92 Å². The standard InChI is InChI=1S/C13H19ClN2O3S/c1-9-12(15)7-10(14)8-13(9)20(17,18)16-5-4-11-3-2-6-19-11/h7-8,11,16H,2-6,15H2,1H3. The number of sulfonamides is 1. The van der Waals surface area contributed by atoms with Crippen molar-refractivity contribution in [1.29, 1.82) is 0 Å². The molecule has 1 aromatic carbocycles.